The molecule has 0 fully saturated rings. The zero-order chi connectivity index (χ0) is 13.0. The number of benzene rings is 1. The highest BCUT2D eigenvalue weighted by molar-refractivity contribution is 5.94. The van der Waals surface area contributed by atoms with Gasteiger partial charge in [-0.15, -0.1) is 0 Å². The first-order valence-corrected chi connectivity index (χ1v) is 7.33. The van der Waals surface area contributed by atoms with E-state index in [1.54, 1.807) is 6.92 Å². The van der Waals surface area contributed by atoms with Gasteiger partial charge in [0.2, 0.25) is 0 Å². The van der Waals surface area contributed by atoms with E-state index in [1.807, 2.05) is 6.07 Å². The quantitative estimate of drug-likeness (QED) is 0.547. The number of Topliss-reactive ketones (excluding diaryl/α,β-unsaturated/α-hetero) is 1. The maximum absolute atomic E-state index is 11.4. The molecule has 0 amide bonds. The Labute approximate surface area is 111 Å². The van der Waals surface area contributed by atoms with Crippen molar-refractivity contribution in [1.29, 1.82) is 0 Å². The fourth-order valence-electron chi connectivity index (χ4n) is 2.98. The number of hydrogen-bond acceptors (Lipinski definition) is 1. The molecule has 1 atom stereocenters. The largest absolute Gasteiger partial charge is 0.295 e. The van der Waals surface area contributed by atoms with Gasteiger partial charge in [-0.05, 0) is 49.3 Å². The van der Waals surface area contributed by atoms with Crippen LogP contribution in [0.5, 0.6) is 0 Å². The van der Waals surface area contributed by atoms with Crippen LogP contribution in [-0.2, 0) is 12.8 Å². The van der Waals surface area contributed by atoms with Crippen molar-refractivity contribution in [3.8, 4) is 0 Å². The van der Waals surface area contributed by atoms with E-state index in [4.69, 9.17) is 0 Å². The number of aryl methyl sites for hydroxylation is 1. The molecule has 0 heterocycles. The SMILES string of the molecule is CCCCCC1CCc2ccc(C(C)=O)cc2C1. The van der Waals surface area contributed by atoms with Gasteiger partial charge in [-0.25, -0.2) is 0 Å². The minimum Gasteiger partial charge on any atom is -0.295 e. The Balaban J connectivity index is 2.02. The van der Waals surface area contributed by atoms with Gasteiger partial charge in [-0.3, -0.25) is 4.79 Å². The van der Waals surface area contributed by atoms with E-state index in [9.17, 15) is 4.79 Å². The predicted octanol–water partition coefficient (Wildman–Crippen LogP) is 4.57. The van der Waals surface area contributed by atoms with Crippen LogP contribution in [0.1, 0.15) is 67.4 Å². The molecule has 1 unspecified atom stereocenters. The highest BCUT2D eigenvalue weighted by Crippen LogP contribution is 2.29. The maximum atomic E-state index is 11.4. The number of carbonyl (C=O) groups excluding carboxylic acids is 1. The zero-order valence-electron chi connectivity index (χ0n) is 11.7. The van der Waals surface area contributed by atoms with Gasteiger partial charge in [-0.2, -0.15) is 0 Å². The van der Waals surface area contributed by atoms with Crippen LogP contribution in [0, 0.1) is 5.92 Å². The lowest BCUT2D eigenvalue weighted by Gasteiger charge is -2.25. The molecule has 0 saturated carbocycles. The molecule has 1 aromatic carbocycles. The third kappa shape index (κ3) is 3.22. The van der Waals surface area contributed by atoms with Gasteiger partial charge in [0, 0.05) is 5.56 Å². The third-order valence-electron chi connectivity index (χ3n) is 4.16. The van der Waals surface area contributed by atoms with E-state index in [2.05, 4.69) is 19.1 Å². The van der Waals surface area contributed by atoms with Crippen LogP contribution in [0.3, 0.4) is 0 Å². The molecule has 1 heteroatoms. The predicted molar refractivity (Wildman–Crippen MR) is 76.1 cm³/mol. The van der Waals surface area contributed by atoms with E-state index < -0.39 is 0 Å². The van der Waals surface area contributed by atoms with Gasteiger partial charge >= 0.3 is 0 Å². The van der Waals surface area contributed by atoms with Crippen molar-refractivity contribution < 1.29 is 4.79 Å². The summed E-state index contributed by atoms with van der Waals surface area (Å²) in [6, 6.07) is 6.27. The Morgan fingerprint density at radius 2 is 2.11 bits per heavy atom. The number of carbonyl (C=O) groups is 1. The third-order valence-corrected chi connectivity index (χ3v) is 4.16. The molecule has 0 N–H and O–H groups in total. The molecule has 2 rings (SSSR count). The lowest BCUT2D eigenvalue weighted by Crippen LogP contribution is -2.15. The van der Waals surface area contributed by atoms with Gasteiger partial charge in [0.1, 0.15) is 0 Å². The first-order chi connectivity index (χ1) is 8.70. The number of rotatable bonds is 5. The second kappa shape index (κ2) is 6.17. The monoisotopic (exact) mass is 244 g/mol. The molecule has 0 radical (unpaired) electrons. The van der Waals surface area contributed by atoms with Crippen LogP contribution in [0.25, 0.3) is 0 Å². The molecule has 0 aromatic heterocycles. The summed E-state index contributed by atoms with van der Waals surface area (Å²) in [6.07, 6.45) is 9.09. The lowest BCUT2D eigenvalue weighted by molar-refractivity contribution is 0.101. The second-order valence-corrected chi connectivity index (χ2v) is 5.64. The first kappa shape index (κ1) is 13.3. The summed E-state index contributed by atoms with van der Waals surface area (Å²) in [6.45, 7) is 3.92. The second-order valence-electron chi connectivity index (χ2n) is 5.64. The molecule has 18 heavy (non-hydrogen) atoms. The van der Waals surface area contributed by atoms with Gasteiger partial charge in [0.05, 0.1) is 0 Å². The molecule has 0 spiro atoms. The summed E-state index contributed by atoms with van der Waals surface area (Å²) < 4.78 is 0. The summed E-state index contributed by atoms with van der Waals surface area (Å²) in [7, 11) is 0. The molecule has 1 aliphatic rings. The van der Waals surface area contributed by atoms with Gasteiger partial charge in [0.25, 0.3) is 0 Å². The Hall–Kier alpha value is -1.11. The Morgan fingerprint density at radius 1 is 1.28 bits per heavy atom. The first-order valence-electron chi connectivity index (χ1n) is 7.33. The molecular formula is C17H24O. The van der Waals surface area contributed by atoms with Crippen LogP contribution in [0.4, 0.5) is 0 Å². The van der Waals surface area contributed by atoms with Crippen molar-refractivity contribution in [3.63, 3.8) is 0 Å². The summed E-state index contributed by atoms with van der Waals surface area (Å²) in [4.78, 5) is 11.4. The summed E-state index contributed by atoms with van der Waals surface area (Å²) >= 11 is 0. The Bertz CT molecular complexity index is 420. The van der Waals surface area contributed by atoms with E-state index >= 15 is 0 Å². The van der Waals surface area contributed by atoms with Gasteiger partial charge in [0.15, 0.2) is 5.78 Å². The number of unbranched alkanes of at least 4 members (excludes halogenated alkanes) is 2. The van der Waals surface area contributed by atoms with E-state index in [0.29, 0.717) is 0 Å². The molecule has 1 nitrogen and oxygen atoms in total. The fraction of sp³-hybridized carbons (Fsp3) is 0.588. The van der Waals surface area contributed by atoms with Crippen molar-refractivity contribution in [2.75, 3.05) is 0 Å². The number of hydrogen-bond donors (Lipinski definition) is 0. The molecule has 0 aliphatic heterocycles. The minimum absolute atomic E-state index is 0.186. The molecule has 98 valence electrons. The standard InChI is InChI=1S/C17H24O/c1-3-4-5-6-14-7-8-15-9-10-16(13(2)18)12-17(15)11-14/h9-10,12,14H,3-8,11H2,1-2H3. The normalized spacial score (nSPS) is 18.4. The van der Waals surface area contributed by atoms with Crippen LogP contribution in [-0.4, -0.2) is 5.78 Å². The summed E-state index contributed by atoms with van der Waals surface area (Å²) in [5.41, 5.74) is 3.77. The van der Waals surface area contributed by atoms with Crippen molar-refractivity contribution in [3.05, 3.63) is 34.9 Å². The lowest BCUT2D eigenvalue weighted by atomic mass is 9.80. The Morgan fingerprint density at radius 3 is 2.83 bits per heavy atom. The van der Waals surface area contributed by atoms with Crippen molar-refractivity contribution in [1.82, 2.24) is 0 Å². The van der Waals surface area contributed by atoms with E-state index in [0.717, 1.165) is 11.5 Å². The smallest absolute Gasteiger partial charge is 0.159 e. The van der Waals surface area contributed by atoms with Crippen LogP contribution in [0.15, 0.2) is 18.2 Å². The maximum Gasteiger partial charge on any atom is 0.159 e. The molecule has 1 aromatic rings. The van der Waals surface area contributed by atoms with Crippen LogP contribution < -0.4 is 0 Å². The number of ketones is 1. The van der Waals surface area contributed by atoms with E-state index in [-0.39, 0.29) is 5.78 Å². The van der Waals surface area contributed by atoms with Crippen molar-refractivity contribution >= 4 is 5.78 Å². The average Bonchev–Trinajstić information content (AvgIpc) is 2.38. The van der Waals surface area contributed by atoms with Crippen LogP contribution >= 0.6 is 0 Å². The molecule has 1 aliphatic carbocycles. The van der Waals surface area contributed by atoms with Crippen molar-refractivity contribution in [2.45, 2.75) is 58.8 Å². The van der Waals surface area contributed by atoms with Crippen molar-refractivity contribution in [2.24, 2.45) is 5.92 Å². The minimum atomic E-state index is 0.186. The number of fused-ring (bicyclic) bond motifs is 1. The topological polar surface area (TPSA) is 17.1 Å². The molecular weight excluding hydrogens is 220 g/mol. The summed E-state index contributed by atoms with van der Waals surface area (Å²) in [5.74, 6) is 1.03. The summed E-state index contributed by atoms with van der Waals surface area (Å²) in [5, 5.41) is 0. The van der Waals surface area contributed by atoms with E-state index in [1.165, 1.54) is 56.1 Å². The Kier molecular flexibility index (Phi) is 4.57. The van der Waals surface area contributed by atoms with Gasteiger partial charge < -0.3 is 0 Å². The molecule has 0 saturated heterocycles. The van der Waals surface area contributed by atoms with Crippen LogP contribution in [0.2, 0.25) is 0 Å². The highest BCUT2D eigenvalue weighted by Gasteiger charge is 2.18. The van der Waals surface area contributed by atoms with Gasteiger partial charge in [-0.1, -0.05) is 44.7 Å². The molecule has 0 bridgehead atoms. The highest BCUT2D eigenvalue weighted by atomic mass is 16.1. The average molecular weight is 244 g/mol. The zero-order valence-corrected chi connectivity index (χ0v) is 11.7. The fourth-order valence-corrected chi connectivity index (χ4v) is 2.98.